The molecule has 2 aromatic carbocycles. The molecule has 3 rings (SSSR count). The first-order chi connectivity index (χ1) is 12.9. The molecule has 0 radical (unpaired) electrons. The fourth-order valence-electron chi connectivity index (χ4n) is 2.38. The lowest BCUT2D eigenvalue weighted by Crippen LogP contribution is -2.29. The summed E-state index contributed by atoms with van der Waals surface area (Å²) in [5.41, 5.74) is 0.512. The molecule has 0 unspecified atom stereocenters. The number of rotatable bonds is 5. The SMILES string of the molecule is COc1cccc(NC(=O)[C@@H](C)OC(=O)c2sc3cc(F)ccc3c2Cl)c1. The van der Waals surface area contributed by atoms with Crippen LogP contribution in [0.25, 0.3) is 10.1 Å². The van der Waals surface area contributed by atoms with Gasteiger partial charge in [0.2, 0.25) is 0 Å². The number of hydrogen-bond acceptors (Lipinski definition) is 5. The second-order valence-corrected chi connectivity index (χ2v) is 7.08. The van der Waals surface area contributed by atoms with Gasteiger partial charge in [0, 0.05) is 21.8 Å². The fourth-order valence-corrected chi connectivity index (χ4v) is 3.80. The number of anilines is 1. The van der Waals surface area contributed by atoms with Gasteiger partial charge in [0.1, 0.15) is 16.4 Å². The van der Waals surface area contributed by atoms with E-state index in [1.807, 2.05) is 0 Å². The summed E-state index contributed by atoms with van der Waals surface area (Å²) in [7, 11) is 1.52. The monoisotopic (exact) mass is 407 g/mol. The van der Waals surface area contributed by atoms with Crippen molar-refractivity contribution >= 4 is 50.6 Å². The maximum atomic E-state index is 13.3. The lowest BCUT2D eigenvalue weighted by Gasteiger charge is -2.13. The van der Waals surface area contributed by atoms with Gasteiger partial charge in [0.25, 0.3) is 5.91 Å². The van der Waals surface area contributed by atoms with E-state index in [9.17, 15) is 14.0 Å². The molecule has 1 amide bonds. The molecule has 0 aliphatic carbocycles. The van der Waals surface area contributed by atoms with Gasteiger partial charge in [0.15, 0.2) is 6.10 Å². The van der Waals surface area contributed by atoms with Crippen molar-refractivity contribution in [2.75, 3.05) is 12.4 Å². The lowest BCUT2D eigenvalue weighted by molar-refractivity contribution is -0.123. The number of esters is 1. The van der Waals surface area contributed by atoms with Crippen LogP contribution in [0.15, 0.2) is 42.5 Å². The third-order valence-corrected chi connectivity index (χ3v) is 5.40. The van der Waals surface area contributed by atoms with Gasteiger partial charge in [0.05, 0.1) is 12.1 Å². The van der Waals surface area contributed by atoms with Crippen LogP contribution in [0.1, 0.15) is 16.6 Å². The van der Waals surface area contributed by atoms with E-state index in [4.69, 9.17) is 21.1 Å². The summed E-state index contributed by atoms with van der Waals surface area (Å²) in [6.45, 7) is 1.45. The first-order valence-electron chi connectivity index (χ1n) is 7.92. The summed E-state index contributed by atoms with van der Waals surface area (Å²) in [5.74, 6) is -1.08. The van der Waals surface area contributed by atoms with Crippen LogP contribution in [0.5, 0.6) is 5.75 Å². The Bertz CT molecular complexity index is 1020. The minimum atomic E-state index is -1.05. The van der Waals surface area contributed by atoms with E-state index in [0.29, 0.717) is 21.5 Å². The molecule has 0 aliphatic rings. The molecule has 1 heterocycles. The van der Waals surface area contributed by atoms with Crippen molar-refractivity contribution in [1.29, 1.82) is 0 Å². The van der Waals surface area contributed by atoms with Crippen molar-refractivity contribution in [1.82, 2.24) is 0 Å². The average molecular weight is 408 g/mol. The highest BCUT2D eigenvalue weighted by Gasteiger charge is 2.24. The van der Waals surface area contributed by atoms with Crippen LogP contribution in [-0.2, 0) is 9.53 Å². The second kappa shape index (κ2) is 7.94. The van der Waals surface area contributed by atoms with Crippen molar-refractivity contribution in [2.24, 2.45) is 0 Å². The number of ether oxygens (including phenoxy) is 2. The van der Waals surface area contributed by atoms with Crippen molar-refractivity contribution in [3.63, 3.8) is 0 Å². The lowest BCUT2D eigenvalue weighted by atomic mass is 10.2. The number of nitrogens with one attached hydrogen (secondary N) is 1. The van der Waals surface area contributed by atoms with E-state index in [0.717, 1.165) is 11.3 Å². The van der Waals surface area contributed by atoms with E-state index in [2.05, 4.69) is 5.32 Å². The normalized spacial score (nSPS) is 11.9. The standard InChI is InChI=1S/C19H15ClFNO4S/c1-10(18(23)22-12-4-3-5-13(9-12)25-2)26-19(24)17-16(20)14-7-6-11(21)8-15(14)27-17/h3-10H,1-2H3,(H,22,23)/t10-/m1/s1. The smallest absolute Gasteiger partial charge is 0.350 e. The summed E-state index contributed by atoms with van der Waals surface area (Å²) >= 11 is 7.22. The topological polar surface area (TPSA) is 64.6 Å². The molecule has 0 saturated carbocycles. The molecule has 0 fully saturated rings. The molecule has 0 spiro atoms. The third-order valence-electron chi connectivity index (χ3n) is 3.77. The Morgan fingerprint density at radius 2 is 2.00 bits per heavy atom. The zero-order valence-corrected chi connectivity index (χ0v) is 16.0. The maximum Gasteiger partial charge on any atom is 0.350 e. The largest absolute Gasteiger partial charge is 0.497 e. The van der Waals surface area contributed by atoms with Crippen molar-refractivity contribution in [3.05, 3.63) is 58.2 Å². The van der Waals surface area contributed by atoms with Crippen LogP contribution >= 0.6 is 22.9 Å². The van der Waals surface area contributed by atoms with Crippen LogP contribution in [0.3, 0.4) is 0 Å². The highest BCUT2D eigenvalue weighted by Crippen LogP contribution is 2.36. The van der Waals surface area contributed by atoms with Gasteiger partial charge in [-0.05, 0) is 37.3 Å². The minimum Gasteiger partial charge on any atom is -0.497 e. The fraction of sp³-hybridized carbons (Fsp3) is 0.158. The van der Waals surface area contributed by atoms with E-state index in [1.165, 1.54) is 32.2 Å². The molecular formula is C19H15ClFNO4S. The van der Waals surface area contributed by atoms with Gasteiger partial charge >= 0.3 is 5.97 Å². The summed E-state index contributed by atoms with van der Waals surface area (Å²) in [5, 5.41) is 3.39. The molecule has 0 aliphatic heterocycles. The van der Waals surface area contributed by atoms with Gasteiger partial charge in [-0.1, -0.05) is 17.7 Å². The Balaban J connectivity index is 1.71. The number of thiophene rings is 1. The number of carbonyl (C=O) groups is 2. The minimum absolute atomic E-state index is 0.123. The molecule has 0 bridgehead atoms. The third kappa shape index (κ3) is 4.20. The van der Waals surface area contributed by atoms with Crippen LogP contribution in [0.2, 0.25) is 5.02 Å². The highest BCUT2D eigenvalue weighted by molar-refractivity contribution is 7.21. The number of methoxy groups -OCH3 is 1. The highest BCUT2D eigenvalue weighted by atomic mass is 35.5. The molecule has 3 aromatic rings. The maximum absolute atomic E-state index is 13.3. The van der Waals surface area contributed by atoms with E-state index in [1.54, 1.807) is 24.3 Å². The molecule has 1 N–H and O–H groups in total. The predicted octanol–water partition coefficient (Wildman–Crippen LogP) is 4.89. The Morgan fingerprint density at radius 1 is 1.22 bits per heavy atom. The van der Waals surface area contributed by atoms with E-state index in [-0.39, 0.29) is 9.90 Å². The van der Waals surface area contributed by atoms with E-state index >= 15 is 0 Å². The summed E-state index contributed by atoms with van der Waals surface area (Å²) in [6, 6.07) is 10.9. The van der Waals surface area contributed by atoms with Gasteiger partial charge in [-0.3, -0.25) is 4.79 Å². The first kappa shape index (κ1) is 19.1. The molecule has 1 aromatic heterocycles. The Labute approximate surface area is 163 Å². The molecule has 140 valence electrons. The van der Waals surface area contributed by atoms with Crippen molar-refractivity contribution in [2.45, 2.75) is 13.0 Å². The van der Waals surface area contributed by atoms with Crippen LogP contribution in [-0.4, -0.2) is 25.1 Å². The number of hydrogen-bond donors (Lipinski definition) is 1. The summed E-state index contributed by atoms with van der Waals surface area (Å²) in [6.07, 6.45) is -1.05. The number of fused-ring (bicyclic) bond motifs is 1. The van der Waals surface area contributed by atoms with Crippen LogP contribution < -0.4 is 10.1 Å². The predicted molar refractivity (Wildman–Crippen MR) is 103 cm³/mol. The first-order valence-corrected chi connectivity index (χ1v) is 9.12. The van der Waals surface area contributed by atoms with Gasteiger partial charge < -0.3 is 14.8 Å². The Kier molecular flexibility index (Phi) is 5.62. The summed E-state index contributed by atoms with van der Waals surface area (Å²) in [4.78, 5) is 24.8. The zero-order chi connectivity index (χ0) is 19.6. The Hall–Kier alpha value is -2.64. The second-order valence-electron chi connectivity index (χ2n) is 5.65. The molecule has 8 heteroatoms. The van der Waals surface area contributed by atoms with Gasteiger partial charge in [-0.15, -0.1) is 11.3 Å². The molecule has 5 nitrogen and oxygen atoms in total. The Morgan fingerprint density at radius 3 is 2.74 bits per heavy atom. The quantitative estimate of drug-likeness (QED) is 0.612. The van der Waals surface area contributed by atoms with Gasteiger partial charge in [-0.2, -0.15) is 0 Å². The molecular weight excluding hydrogens is 393 g/mol. The molecule has 0 saturated heterocycles. The van der Waals surface area contributed by atoms with Crippen molar-refractivity contribution in [3.8, 4) is 5.75 Å². The van der Waals surface area contributed by atoms with Crippen molar-refractivity contribution < 1.29 is 23.5 Å². The van der Waals surface area contributed by atoms with Gasteiger partial charge in [-0.25, -0.2) is 9.18 Å². The number of halogens is 2. The molecule has 27 heavy (non-hydrogen) atoms. The molecule has 1 atom stereocenters. The zero-order valence-electron chi connectivity index (χ0n) is 14.4. The number of amides is 1. The van der Waals surface area contributed by atoms with E-state index < -0.39 is 23.8 Å². The number of carbonyl (C=O) groups excluding carboxylic acids is 2. The average Bonchev–Trinajstić information content (AvgIpc) is 2.97. The van der Waals surface area contributed by atoms with Crippen LogP contribution in [0, 0.1) is 5.82 Å². The number of benzene rings is 2. The van der Waals surface area contributed by atoms with Crippen LogP contribution in [0.4, 0.5) is 10.1 Å². The summed E-state index contributed by atoms with van der Waals surface area (Å²) < 4.78 is 24.2.